The highest BCUT2D eigenvalue weighted by molar-refractivity contribution is 6.23. The van der Waals surface area contributed by atoms with E-state index in [1.165, 1.54) is 13.2 Å². The van der Waals surface area contributed by atoms with E-state index in [1.54, 1.807) is 24.3 Å². The lowest BCUT2D eigenvalue weighted by molar-refractivity contribution is -0.136. The number of carbonyl (C=O) groups is 5. The van der Waals surface area contributed by atoms with Crippen LogP contribution >= 0.6 is 0 Å². The summed E-state index contributed by atoms with van der Waals surface area (Å²) in [6.07, 6.45) is 1.43. The first-order valence-corrected chi connectivity index (χ1v) is 12.5. The van der Waals surface area contributed by atoms with E-state index in [1.807, 2.05) is 4.90 Å². The van der Waals surface area contributed by atoms with Crippen molar-refractivity contribution in [3.8, 4) is 5.75 Å². The molecule has 0 radical (unpaired) electrons. The average molecular weight is 523 g/mol. The van der Waals surface area contributed by atoms with Gasteiger partial charge in [0.05, 0.1) is 29.5 Å². The molecule has 10 nitrogen and oxygen atoms in total. The molecular weight excluding hydrogens is 495 g/mol. The van der Waals surface area contributed by atoms with Gasteiger partial charge in [0.2, 0.25) is 11.8 Å². The second kappa shape index (κ2) is 10.2. The van der Waals surface area contributed by atoms with Gasteiger partial charge >= 0.3 is 0 Å². The number of carbonyl (C=O) groups excluding carboxylic acids is 5. The zero-order valence-corrected chi connectivity index (χ0v) is 20.8. The number of ether oxygens (including phenoxy) is 1. The van der Waals surface area contributed by atoms with Crippen molar-refractivity contribution in [2.45, 2.75) is 31.7 Å². The summed E-state index contributed by atoms with van der Waals surface area (Å²) >= 11 is 0. The van der Waals surface area contributed by atoms with Gasteiger partial charge < -0.3 is 15.0 Å². The van der Waals surface area contributed by atoms with Gasteiger partial charge in [-0.15, -0.1) is 0 Å². The number of hydrogen-bond acceptors (Lipinski definition) is 7. The molecule has 2 aromatic carbocycles. The Morgan fingerprint density at radius 1 is 1.05 bits per heavy atom. The third kappa shape index (κ3) is 4.59. The van der Waals surface area contributed by atoms with Gasteiger partial charge in [0.25, 0.3) is 17.7 Å². The minimum atomic E-state index is -1.10. The molecule has 2 saturated heterocycles. The molecule has 0 spiro atoms. The number of rotatable bonds is 6. The molecule has 3 aliphatic rings. The van der Waals surface area contributed by atoms with Gasteiger partial charge in [-0.2, -0.15) is 0 Å². The molecule has 1 unspecified atom stereocenters. The van der Waals surface area contributed by atoms with E-state index >= 15 is 4.39 Å². The van der Waals surface area contributed by atoms with Crippen LogP contribution in [0.25, 0.3) is 0 Å². The highest BCUT2D eigenvalue weighted by atomic mass is 19.1. The van der Waals surface area contributed by atoms with Crippen molar-refractivity contribution in [1.29, 1.82) is 0 Å². The van der Waals surface area contributed by atoms with Gasteiger partial charge in [0.1, 0.15) is 17.6 Å². The monoisotopic (exact) mass is 522 g/mol. The van der Waals surface area contributed by atoms with Crippen molar-refractivity contribution in [2.24, 2.45) is 5.92 Å². The van der Waals surface area contributed by atoms with Crippen molar-refractivity contribution >= 4 is 35.2 Å². The summed E-state index contributed by atoms with van der Waals surface area (Å²) < 4.78 is 20.4. The SMILES string of the molecule is COc1ccccc1C(=O)NCC1CCN(c2cc3c(cc2F)C(=O)N(C2CCC(=O)NC2=O)C3=O)CC1. The third-order valence-corrected chi connectivity index (χ3v) is 7.37. The second-order valence-electron chi connectivity index (χ2n) is 9.64. The van der Waals surface area contributed by atoms with Crippen LogP contribution < -0.4 is 20.3 Å². The quantitative estimate of drug-likeness (QED) is 0.555. The van der Waals surface area contributed by atoms with Gasteiger partial charge in [-0.05, 0) is 49.4 Å². The third-order valence-electron chi connectivity index (χ3n) is 7.37. The Morgan fingerprint density at radius 2 is 1.74 bits per heavy atom. The molecule has 3 aliphatic heterocycles. The number of halogens is 1. The Hall–Kier alpha value is -4.28. The highest BCUT2D eigenvalue weighted by Gasteiger charge is 2.45. The number of para-hydroxylation sites is 1. The molecule has 2 fully saturated rings. The van der Waals surface area contributed by atoms with E-state index < -0.39 is 35.5 Å². The van der Waals surface area contributed by atoms with Crippen LogP contribution in [0.1, 0.15) is 56.8 Å². The van der Waals surface area contributed by atoms with Crippen molar-refractivity contribution in [3.05, 3.63) is 58.9 Å². The summed E-state index contributed by atoms with van der Waals surface area (Å²) in [7, 11) is 1.51. The molecule has 0 bridgehead atoms. The molecule has 198 valence electrons. The van der Waals surface area contributed by atoms with E-state index in [2.05, 4.69) is 10.6 Å². The largest absolute Gasteiger partial charge is 0.496 e. The van der Waals surface area contributed by atoms with Crippen LogP contribution in [-0.4, -0.2) is 67.2 Å². The summed E-state index contributed by atoms with van der Waals surface area (Å²) in [4.78, 5) is 65.0. The number of anilines is 1. The molecule has 0 aromatic heterocycles. The predicted octanol–water partition coefficient (Wildman–Crippen LogP) is 1.88. The summed E-state index contributed by atoms with van der Waals surface area (Å²) in [5.74, 6) is -2.75. The average Bonchev–Trinajstić information content (AvgIpc) is 3.15. The molecule has 5 rings (SSSR count). The zero-order valence-electron chi connectivity index (χ0n) is 20.8. The number of amides is 5. The molecule has 11 heteroatoms. The van der Waals surface area contributed by atoms with Crippen LogP contribution in [0.5, 0.6) is 5.75 Å². The van der Waals surface area contributed by atoms with Gasteiger partial charge in [0, 0.05) is 26.1 Å². The highest BCUT2D eigenvalue weighted by Crippen LogP contribution is 2.34. The number of nitrogens with one attached hydrogen (secondary N) is 2. The van der Waals surface area contributed by atoms with E-state index in [-0.39, 0.29) is 41.5 Å². The van der Waals surface area contributed by atoms with Crippen molar-refractivity contribution in [2.75, 3.05) is 31.6 Å². The van der Waals surface area contributed by atoms with Crippen molar-refractivity contribution < 1.29 is 33.1 Å². The van der Waals surface area contributed by atoms with Crippen molar-refractivity contribution in [3.63, 3.8) is 0 Å². The first kappa shape index (κ1) is 25.4. The molecule has 2 aromatic rings. The van der Waals surface area contributed by atoms with Crippen LogP contribution in [0, 0.1) is 11.7 Å². The Morgan fingerprint density at radius 3 is 2.42 bits per heavy atom. The Kier molecular flexibility index (Phi) is 6.83. The molecule has 0 saturated carbocycles. The van der Waals surface area contributed by atoms with E-state index in [0.717, 1.165) is 11.0 Å². The van der Waals surface area contributed by atoms with E-state index in [0.29, 0.717) is 43.8 Å². The molecule has 5 amide bonds. The van der Waals surface area contributed by atoms with Crippen molar-refractivity contribution in [1.82, 2.24) is 15.5 Å². The summed E-state index contributed by atoms with van der Waals surface area (Å²) in [6.45, 7) is 1.47. The number of fused-ring (bicyclic) bond motifs is 1. The van der Waals surface area contributed by atoms with Crippen LogP contribution in [0.2, 0.25) is 0 Å². The first-order valence-electron chi connectivity index (χ1n) is 12.5. The van der Waals surface area contributed by atoms with E-state index in [9.17, 15) is 24.0 Å². The van der Waals surface area contributed by atoms with Gasteiger partial charge in [-0.3, -0.25) is 34.2 Å². The maximum atomic E-state index is 15.1. The zero-order chi connectivity index (χ0) is 27.0. The summed E-state index contributed by atoms with van der Waals surface area (Å²) in [5, 5.41) is 5.09. The standard InChI is InChI=1S/C27H27FN4O6/c1-38-22-5-3-2-4-16(22)24(34)29-14-15-8-10-31(11-9-15)21-13-18-17(12-19(21)28)26(36)32(27(18)37)20-6-7-23(33)30-25(20)35/h2-5,12-13,15,20H,6-11,14H2,1H3,(H,29,34)(H,30,33,35). The normalized spacial score (nSPS) is 19.9. The number of nitrogens with zero attached hydrogens (tertiary/aromatic N) is 2. The van der Waals surface area contributed by atoms with Crippen LogP contribution in [0.3, 0.4) is 0 Å². The number of imide groups is 2. The lowest BCUT2D eigenvalue weighted by atomic mass is 9.95. The lowest BCUT2D eigenvalue weighted by Gasteiger charge is -2.34. The second-order valence-corrected chi connectivity index (χ2v) is 9.64. The number of benzene rings is 2. The van der Waals surface area contributed by atoms with Crippen LogP contribution in [0.15, 0.2) is 36.4 Å². The molecule has 0 aliphatic carbocycles. The number of piperidine rings is 2. The van der Waals surface area contributed by atoms with E-state index in [4.69, 9.17) is 4.74 Å². The number of methoxy groups -OCH3 is 1. The predicted molar refractivity (Wildman–Crippen MR) is 133 cm³/mol. The fraction of sp³-hybridized carbons (Fsp3) is 0.370. The fourth-order valence-electron chi connectivity index (χ4n) is 5.26. The van der Waals surface area contributed by atoms with Crippen LogP contribution in [0.4, 0.5) is 10.1 Å². The fourth-order valence-corrected chi connectivity index (χ4v) is 5.26. The summed E-state index contributed by atoms with van der Waals surface area (Å²) in [5.41, 5.74) is 0.627. The Labute approximate surface area is 218 Å². The number of hydrogen-bond donors (Lipinski definition) is 2. The van der Waals surface area contributed by atoms with Gasteiger partial charge in [-0.25, -0.2) is 4.39 Å². The van der Waals surface area contributed by atoms with Gasteiger partial charge in [0.15, 0.2) is 0 Å². The maximum Gasteiger partial charge on any atom is 0.262 e. The Bertz CT molecular complexity index is 1340. The molecule has 38 heavy (non-hydrogen) atoms. The Balaban J connectivity index is 1.23. The minimum Gasteiger partial charge on any atom is -0.496 e. The summed E-state index contributed by atoms with van der Waals surface area (Å²) in [6, 6.07) is 8.30. The van der Waals surface area contributed by atoms with Gasteiger partial charge in [-0.1, -0.05) is 12.1 Å². The topological polar surface area (TPSA) is 125 Å². The lowest BCUT2D eigenvalue weighted by Crippen LogP contribution is -2.54. The smallest absolute Gasteiger partial charge is 0.262 e. The first-order chi connectivity index (χ1) is 18.3. The molecular formula is C27H27FN4O6. The van der Waals surface area contributed by atoms with Crippen LogP contribution in [-0.2, 0) is 9.59 Å². The molecule has 1 atom stereocenters. The molecule has 2 N–H and O–H groups in total. The maximum absolute atomic E-state index is 15.1. The minimum absolute atomic E-state index is 0.0116. The molecule has 3 heterocycles.